The van der Waals surface area contributed by atoms with Crippen molar-refractivity contribution in [1.29, 1.82) is 5.26 Å². The van der Waals surface area contributed by atoms with Crippen LogP contribution in [0.2, 0.25) is 0 Å². The summed E-state index contributed by atoms with van der Waals surface area (Å²) in [6.07, 6.45) is 0.773. The van der Waals surface area contributed by atoms with Gasteiger partial charge < -0.3 is 15.6 Å². The molecule has 406 valence electrons. The number of aromatic nitrogens is 3. The number of nitriles is 1. The number of ketones is 2. The van der Waals surface area contributed by atoms with Gasteiger partial charge in [0, 0.05) is 33.5 Å². The minimum absolute atomic E-state index is 0. The Balaban J connectivity index is 0.000000967. The number of halogens is 1. The summed E-state index contributed by atoms with van der Waals surface area (Å²) in [6.45, 7) is 26.8. The molecule has 0 unspecified atom stereocenters. The van der Waals surface area contributed by atoms with Crippen LogP contribution in [0, 0.1) is 24.5 Å². The maximum absolute atomic E-state index is 11.9. The quantitative estimate of drug-likeness (QED) is 0.0134. The van der Waals surface area contributed by atoms with Crippen molar-refractivity contribution in [3.05, 3.63) is 249 Å². The van der Waals surface area contributed by atoms with Gasteiger partial charge >= 0.3 is 17.6 Å². The van der Waals surface area contributed by atoms with Crippen LogP contribution in [0.4, 0.5) is 22.7 Å². The average molecular weight is 1090 g/mol. The van der Waals surface area contributed by atoms with Crippen LogP contribution in [0.3, 0.4) is 0 Å². The number of aromatic amines is 1. The monoisotopic (exact) mass is 1080 g/mol. The van der Waals surface area contributed by atoms with E-state index < -0.39 is 17.7 Å². The number of carbonyl (C=O) groups excluding carboxylic acids is 3. The van der Waals surface area contributed by atoms with E-state index in [0.29, 0.717) is 50.8 Å². The first-order valence-corrected chi connectivity index (χ1v) is 24.0. The lowest BCUT2D eigenvalue weighted by Gasteiger charge is -2.04. The number of benzene rings is 7. The Morgan fingerprint density at radius 2 is 1.09 bits per heavy atom. The average Bonchev–Trinajstić information content (AvgIpc) is 3.92. The molecule has 8 rings (SSSR count). The highest BCUT2D eigenvalue weighted by Crippen LogP contribution is 2.16. The molecule has 0 atom stereocenters. The Bertz CT molecular complexity index is 3300. The Kier molecular flexibility index (Phi) is 34.5. The highest BCUT2D eigenvalue weighted by Gasteiger charge is 2.14. The third-order valence-electron chi connectivity index (χ3n) is 9.30. The minimum Gasteiger partial charge on any atom is -0.476 e. The number of nitrogens with one attached hydrogen (secondary N) is 3. The zero-order valence-electron chi connectivity index (χ0n) is 44.5. The number of H-pyrrole nitrogens is 1. The normalized spacial score (nSPS) is 9.10. The molecule has 18 nitrogen and oxygen atoms in total. The number of hydrazone groups is 1. The molecule has 0 fully saturated rings. The van der Waals surface area contributed by atoms with Gasteiger partial charge in [-0.3, -0.25) is 30.6 Å². The van der Waals surface area contributed by atoms with E-state index in [9.17, 15) is 33.9 Å². The molecule has 7 N–H and O–H groups in total. The van der Waals surface area contributed by atoms with Crippen LogP contribution in [-0.4, -0.2) is 60.5 Å². The zero-order chi connectivity index (χ0) is 58.3. The van der Waals surface area contributed by atoms with Crippen molar-refractivity contribution in [1.82, 2.24) is 14.8 Å². The first-order valence-electron chi connectivity index (χ1n) is 24.0. The van der Waals surface area contributed by atoms with E-state index in [0.717, 1.165) is 17.5 Å². The predicted octanol–water partition coefficient (Wildman–Crippen LogP) is 12.9. The number of para-hydroxylation sites is 3. The van der Waals surface area contributed by atoms with Gasteiger partial charge in [-0.1, -0.05) is 181 Å². The number of rotatable bonds is 11. The number of carboxylic acid groups (broad SMARTS) is 2. The van der Waals surface area contributed by atoms with Crippen LogP contribution in [0.15, 0.2) is 198 Å². The number of Topliss-reactive ketones (excluding diaryl/α,β-unsaturated/α-hetero) is 2. The zero-order valence-corrected chi connectivity index (χ0v) is 45.3. The van der Waals surface area contributed by atoms with Crippen LogP contribution < -0.4 is 22.4 Å². The molecule has 19 heteroatoms. The second-order valence-electron chi connectivity index (χ2n) is 14.2. The van der Waals surface area contributed by atoms with Crippen molar-refractivity contribution in [2.24, 2.45) is 10.9 Å². The highest BCUT2D eigenvalue weighted by molar-refractivity contribution is 6.42. The van der Waals surface area contributed by atoms with Crippen LogP contribution >= 0.6 is 12.4 Å². The number of aldehydes is 1. The van der Waals surface area contributed by atoms with E-state index in [2.05, 4.69) is 35.7 Å². The van der Waals surface area contributed by atoms with E-state index >= 15 is 0 Å². The Morgan fingerprint density at radius 3 is 1.48 bits per heavy atom. The second kappa shape index (κ2) is 39.8. The summed E-state index contributed by atoms with van der Waals surface area (Å²) in [5.41, 5.74) is 11.0. The van der Waals surface area contributed by atoms with Gasteiger partial charge in [-0.05, 0) is 55.5 Å². The molecule has 1 aromatic heterocycles. The van der Waals surface area contributed by atoms with Crippen molar-refractivity contribution in [2.45, 2.75) is 48.5 Å². The molecule has 0 saturated carbocycles. The van der Waals surface area contributed by atoms with Gasteiger partial charge in [-0.2, -0.15) is 15.0 Å². The molecule has 1 heterocycles. The van der Waals surface area contributed by atoms with Gasteiger partial charge in [0.25, 0.3) is 5.78 Å². The molecule has 79 heavy (non-hydrogen) atoms. The fourth-order valence-electron chi connectivity index (χ4n) is 5.61. The van der Waals surface area contributed by atoms with Crippen molar-refractivity contribution in [3.8, 4) is 23.1 Å². The second-order valence-corrected chi connectivity index (χ2v) is 14.2. The van der Waals surface area contributed by atoms with Crippen molar-refractivity contribution in [3.63, 3.8) is 0 Å². The number of carboxylic acids is 2. The van der Waals surface area contributed by atoms with Crippen LogP contribution in [0.1, 0.15) is 90.7 Å². The standard InChI is InChI=1S/2C15H11N3O2.C9H5NO3.C9H7NO.C6H8N2.3C2H6.ClH/c19-10-11-6-8-12(9-7-11)14-16-15(20)18(17-14)13-4-2-1-3-5-13;16-10-11-6-8-12(9-7-11)14(15(19)20)18-17-13-4-2-1-3-5-13;1-10-7-4-2-6(3-5-7)8(11)9(12)13;1-7(11)8-3-5-9(10-2)6-4-8;7-8-6-4-2-1-3-5-6;3*1-2;/h1-10H,(H,16,17,20);1-9,17H,(H,19,20);2-5H,(H,12,13);3-6H,1H3;1-5,8H,7H2;3*1-2H3;1H/b;18-14-;;;;;;;. The van der Waals surface area contributed by atoms with Gasteiger partial charge in [-0.15, -0.1) is 17.5 Å². The van der Waals surface area contributed by atoms with Crippen LogP contribution in [0.25, 0.3) is 26.8 Å². The lowest BCUT2D eigenvalue weighted by Crippen LogP contribution is -2.16. The molecule has 7 aromatic carbocycles. The fraction of sp³-hybridized carbons (Fsp3) is 0.117. The summed E-state index contributed by atoms with van der Waals surface area (Å²) < 4.78 is 1.31. The lowest BCUT2D eigenvalue weighted by molar-refractivity contribution is -0.132. The summed E-state index contributed by atoms with van der Waals surface area (Å²) in [4.78, 5) is 74.7. The molecule has 0 aliphatic heterocycles. The molecule has 0 amide bonds. The van der Waals surface area contributed by atoms with Crippen molar-refractivity contribution >= 4 is 70.7 Å². The Labute approximate surface area is 465 Å². The van der Waals surface area contributed by atoms with Gasteiger partial charge in [0.2, 0.25) is 0 Å². The van der Waals surface area contributed by atoms with Crippen LogP contribution in [0.5, 0.6) is 0 Å². The number of hydrogen-bond donors (Lipinski definition) is 6. The van der Waals surface area contributed by atoms with E-state index in [1.165, 1.54) is 35.9 Å². The Morgan fingerprint density at radius 1 is 0.646 bits per heavy atom. The van der Waals surface area contributed by atoms with Crippen LogP contribution in [-0.2, 0) is 9.59 Å². The van der Waals surface area contributed by atoms with E-state index in [4.69, 9.17) is 29.4 Å². The third-order valence-corrected chi connectivity index (χ3v) is 9.30. The molecule has 0 saturated heterocycles. The van der Waals surface area contributed by atoms with E-state index in [1.54, 1.807) is 84.9 Å². The molecule has 0 aliphatic rings. The molecular formula is C60H61ClN10O8. The maximum atomic E-state index is 11.9. The van der Waals surface area contributed by atoms with E-state index in [1.807, 2.05) is 126 Å². The van der Waals surface area contributed by atoms with Gasteiger partial charge in [-0.25, -0.2) is 24.1 Å². The van der Waals surface area contributed by atoms with Crippen molar-refractivity contribution < 1.29 is 34.2 Å². The van der Waals surface area contributed by atoms with E-state index in [-0.39, 0.29) is 35.2 Å². The van der Waals surface area contributed by atoms with Gasteiger partial charge in [0.15, 0.2) is 28.7 Å². The number of nitrogen functional groups attached to an aromatic ring is 1. The number of hydrogen-bond acceptors (Lipinski definition) is 12. The highest BCUT2D eigenvalue weighted by atomic mass is 35.5. The molecule has 0 aliphatic carbocycles. The smallest absolute Gasteiger partial charge is 0.377 e. The maximum Gasteiger partial charge on any atom is 0.377 e. The fourth-order valence-corrected chi connectivity index (χ4v) is 5.61. The number of aliphatic carboxylic acids is 2. The number of hydrazine groups is 1. The number of nitrogens with zero attached hydrogens (tertiary/aromatic N) is 6. The molecule has 0 spiro atoms. The SMILES string of the molecule is CC.CC.CC.Cl.N#Cc1ccc(/C(=N/Nc2ccccc2)C(=O)O)cc1.NNc1ccccc1.O=Cc1ccc(-c2nn(-c3ccccc3)c(=O)[nH]2)cc1.[C-]#[N+]c1ccc(C(=O)C(=O)O)cc1.[C-]#[N+]c1ccc(C(C)=O)cc1. The molecular weight excluding hydrogens is 1020 g/mol. The molecule has 0 bridgehead atoms. The number of nitrogens with two attached hydrogens (primary N) is 1. The number of carbonyl (C=O) groups is 5. The largest absolute Gasteiger partial charge is 0.476 e. The molecule has 8 aromatic rings. The van der Waals surface area contributed by atoms with Crippen molar-refractivity contribution in [2.75, 3.05) is 10.9 Å². The molecule has 0 radical (unpaired) electrons. The van der Waals surface area contributed by atoms with Gasteiger partial charge in [0.05, 0.1) is 36.2 Å². The first-order chi connectivity index (χ1) is 37.8. The minimum atomic E-state index is -1.49. The topological polar surface area (TPSA) is 271 Å². The summed E-state index contributed by atoms with van der Waals surface area (Å²) in [5, 5.41) is 34.4. The third kappa shape index (κ3) is 24.5. The first kappa shape index (κ1) is 68.4. The summed E-state index contributed by atoms with van der Waals surface area (Å²) in [6, 6.07) is 54.9. The predicted molar refractivity (Wildman–Crippen MR) is 313 cm³/mol. The summed E-state index contributed by atoms with van der Waals surface area (Å²) in [7, 11) is 0. The lowest BCUT2D eigenvalue weighted by atomic mass is 10.1. The van der Waals surface area contributed by atoms with Gasteiger partial charge in [0.1, 0.15) is 6.29 Å². The summed E-state index contributed by atoms with van der Waals surface area (Å²) in [5.74, 6) is 2.01. The summed E-state index contributed by atoms with van der Waals surface area (Å²) >= 11 is 0. The number of anilines is 2. The Hall–Kier alpha value is -10.6.